The smallest absolute Gasteiger partial charge is 0.325 e. The SMILES string of the molecule is Cc1cn(CC(=O)Nc2ccc(C#N)cc2)c(=O)[nH]c1=O. The largest absolute Gasteiger partial charge is 0.328 e. The van der Waals surface area contributed by atoms with E-state index in [9.17, 15) is 14.4 Å². The minimum absolute atomic E-state index is 0.212. The van der Waals surface area contributed by atoms with E-state index in [4.69, 9.17) is 5.26 Å². The van der Waals surface area contributed by atoms with Crippen LogP contribution in [0.5, 0.6) is 0 Å². The number of aryl methyl sites for hydroxylation is 1. The number of aromatic nitrogens is 2. The topological polar surface area (TPSA) is 108 Å². The molecular weight excluding hydrogens is 272 g/mol. The Labute approximate surface area is 119 Å². The third kappa shape index (κ3) is 3.45. The number of aromatic amines is 1. The highest BCUT2D eigenvalue weighted by Crippen LogP contribution is 2.08. The molecule has 0 unspecified atom stereocenters. The van der Waals surface area contributed by atoms with Crippen LogP contribution >= 0.6 is 0 Å². The lowest BCUT2D eigenvalue weighted by Gasteiger charge is -2.07. The standard InChI is InChI=1S/C14H12N4O3/c1-9-7-18(14(21)17-13(9)20)8-12(19)16-11-4-2-10(6-15)3-5-11/h2-5,7H,8H2,1H3,(H,16,19)(H,17,20,21). The Balaban J connectivity index is 2.11. The highest BCUT2D eigenvalue weighted by molar-refractivity contribution is 5.90. The predicted molar refractivity (Wildman–Crippen MR) is 75.8 cm³/mol. The Kier molecular flexibility index (Phi) is 4.00. The third-order valence-electron chi connectivity index (χ3n) is 2.80. The number of nitriles is 1. The van der Waals surface area contributed by atoms with Gasteiger partial charge in [0.05, 0.1) is 11.6 Å². The summed E-state index contributed by atoms with van der Waals surface area (Å²) in [5.74, 6) is -0.409. The van der Waals surface area contributed by atoms with Crippen molar-refractivity contribution < 1.29 is 4.79 Å². The molecular formula is C14H12N4O3. The number of benzene rings is 1. The van der Waals surface area contributed by atoms with Gasteiger partial charge in [0.1, 0.15) is 6.54 Å². The summed E-state index contributed by atoms with van der Waals surface area (Å²) < 4.78 is 1.12. The van der Waals surface area contributed by atoms with Gasteiger partial charge < -0.3 is 5.32 Å². The summed E-state index contributed by atoms with van der Waals surface area (Å²) in [6.07, 6.45) is 1.33. The minimum Gasteiger partial charge on any atom is -0.325 e. The average Bonchev–Trinajstić information content (AvgIpc) is 2.45. The maximum atomic E-state index is 11.9. The Morgan fingerprint density at radius 2 is 2.00 bits per heavy atom. The Hall–Kier alpha value is -3.14. The molecule has 106 valence electrons. The summed E-state index contributed by atoms with van der Waals surface area (Å²) in [6, 6.07) is 8.31. The van der Waals surface area contributed by atoms with Gasteiger partial charge in [0, 0.05) is 17.4 Å². The molecule has 0 saturated heterocycles. The van der Waals surface area contributed by atoms with Gasteiger partial charge in [0.2, 0.25) is 5.91 Å². The highest BCUT2D eigenvalue weighted by Gasteiger charge is 2.07. The van der Waals surface area contributed by atoms with Crippen molar-refractivity contribution in [2.75, 3.05) is 5.32 Å². The molecule has 0 spiro atoms. The van der Waals surface area contributed by atoms with E-state index in [0.29, 0.717) is 16.8 Å². The Morgan fingerprint density at radius 3 is 2.62 bits per heavy atom. The summed E-state index contributed by atoms with van der Waals surface area (Å²) in [5.41, 5.74) is 0.249. The molecule has 21 heavy (non-hydrogen) atoms. The van der Waals surface area contributed by atoms with Crippen LogP contribution < -0.4 is 16.6 Å². The fourth-order valence-corrected chi connectivity index (χ4v) is 1.72. The van der Waals surface area contributed by atoms with Gasteiger partial charge >= 0.3 is 5.69 Å². The monoisotopic (exact) mass is 284 g/mol. The molecule has 1 heterocycles. The van der Waals surface area contributed by atoms with E-state index in [2.05, 4.69) is 10.3 Å². The highest BCUT2D eigenvalue weighted by atomic mass is 16.2. The van der Waals surface area contributed by atoms with Crippen LogP contribution in [0.1, 0.15) is 11.1 Å². The van der Waals surface area contributed by atoms with Gasteiger partial charge in [-0.1, -0.05) is 0 Å². The molecule has 2 rings (SSSR count). The molecule has 0 radical (unpaired) electrons. The van der Waals surface area contributed by atoms with Crippen LogP contribution in [0.25, 0.3) is 0 Å². The van der Waals surface area contributed by atoms with E-state index >= 15 is 0 Å². The third-order valence-corrected chi connectivity index (χ3v) is 2.80. The zero-order chi connectivity index (χ0) is 15.4. The maximum absolute atomic E-state index is 11.9. The van der Waals surface area contributed by atoms with Crippen molar-refractivity contribution in [2.45, 2.75) is 13.5 Å². The van der Waals surface area contributed by atoms with Crippen LogP contribution in [0.4, 0.5) is 5.69 Å². The van der Waals surface area contributed by atoms with Crippen molar-refractivity contribution >= 4 is 11.6 Å². The van der Waals surface area contributed by atoms with E-state index < -0.39 is 17.2 Å². The predicted octanol–water partition coefficient (Wildman–Crippen LogP) is 0.355. The second-order valence-corrected chi connectivity index (χ2v) is 4.44. The normalized spacial score (nSPS) is 9.90. The maximum Gasteiger partial charge on any atom is 0.328 e. The zero-order valence-electron chi connectivity index (χ0n) is 11.2. The lowest BCUT2D eigenvalue weighted by Crippen LogP contribution is -2.34. The fraction of sp³-hybridized carbons (Fsp3) is 0.143. The first-order valence-corrected chi connectivity index (χ1v) is 6.10. The van der Waals surface area contributed by atoms with Crippen molar-refractivity contribution in [3.63, 3.8) is 0 Å². The Bertz CT molecular complexity index is 825. The van der Waals surface area contributed by atoms with E-state index in [-0.39, 0.29) is 6.54 Å². The minimum atomic E-state index is -0.638. The number of hydrogen-bond donors (Lipinski definition) is 2. The van der Waals surface area contributed by atoms with Gasteiger partial charge in [-0.3, -0.25) is 19.1 Å². The quantitative estimate of drug-likeness (QED) is 0.848. The van der Waals surface area contributed by atoms with Gasteiger partial charge in [-0.2, -0.15) is 5.26 Å². The number of rotatable bonds is 3. The molecule has 0 aliphatic heterocycles. The molecule has 1 aromatic carbocycles. The van der Waals surface area contributed by atoms with Gasteiger partial charge in [0.15, 0.2) is 0 Å². The molecule has 0 aliphatic carbocycles. The molecule has 0 aliphatic rings. The van der Waals surface area contributed by atoms with E-state index in [1.54, 1.807) is 31.2 Å². The molecule has 0 atom stereocenters. The van der Waals surface area contributed by atoms with Gasteiger partial charge in [-0.05, 0) is 31.2 Å². The molecule has 2 N–H and O–H groups in total. The number of nitrogens with zero attached hydrogens (tertiary/aromatic N) is 2. The molecule has 1 aromatic heterocycles. The Morgan fingerprint density at radius 1 is 1.33 bits per heavy atom. The summed E-state index contributed by atoms with van der Waals surface area (Å²) in [6.45, 7) is 1.34. The molecule has 0 fully saturated rings. The van der Waals surface area contributed by atoms with Crippen LogP contribution in [0, 0.1) is 18.3 Å². The van der Waals surface area contributed by atoms with Crippen molar-refractivity contribution in [1.82, 2.24) is 9.55 Å². The van der Waals surface area contributed by atoms with Gasteiger partial charge in [-0.15, -0.1) is 0 Å². The summed E-state index contributed by atoms with van der Waals surface area (Å²) >= 11 is 0. The van der Waals surface area contributed by atoms with Crippen molar-refractivity contribution in [1.29, 1.82) is 5.26 Å². The summed E-state index contributed by atoms with van der Waals surface area (Å²) in [5, 5.41) is 11.3. The molecule has 1 amide bonds. The van der Waals surface area contributed by atoms with Gasteiger partial charge in [-0.25, -0.2) is 4.79 Å². The number of carbonyl (C=O) groups is 1. The van der Waals surface area contributed by atoms with Crippen LogP contribution in [-0.2, 0) is 11.3 Å². The van der Waals surface area contributed by atoms with Crippen molar-refractivity contribution in [3.8, 4) is 6.07 Å². The van der Waals surface area contributed by atoms with Crippen molar-refractivity contribution in [2.24, 2.45) is 0 Å². The van der Waals surface area contributed by atoms with Crippen molar-refractivity contribution in [3.05, 3.63) is 62.4 Å². The average molecular weight is 284 g/mol. The number of carbonyl (C=O) groups excluding carboxylic acids is 1. The van der Waals surface area contributed by atoms with Crippen LogP contribution in [-0.4, -0.2) is 15.5 Å². The van der Waals surface area contributed by atoms with E-state index in [1.165, 1.54) is 6.20 Å². The molecule has 7 heteroatoms. The first-order valence-electron chi connectivity index (χ1n) is 6.10. The second kappa shape index (κ2) is 5.88. The first-order chi connectivity index (χ1) is 9.99. The lowest BCUT2D eigenvalue weighted by atomic mass is 10.2. The number of amides is 1. The summed E-state index contributed by atoms with van der Waals surface area (Å²) in [7, 11) is 0. The van der Waals surface area contributed by atoms with E-state index in [1.807, 2.05) is 6.07 Å². The van der Waals surface area contributed by atoms with Gasteiger partial charge in [0.25, 0.3) is 5.56 Å². The molecule has 2 aromatic rings. The molecule has 0 saturated carbocycles. The molecule has 0 bridgehead atoms. The van der Waals surface area contributed by atoms with Crippen LogP contribution in [0.2, 0.25) is 0 Å². The molecule has 7 nitrogen and oxygen atoms in total. The summed E-state index contributed by atoms with van der Waals surface area (Å²) in [4.78, 5) is 36.8. The van der Waals surface area contributed by atoms with Crippen LogP contribution in [0.3, 0.4) is 0 Å². The number of anilines is 1. The first kappa shape index (κ1) is 14.3. The van der Waals surface area contributed by atoms with Crippen LogP contribution in [0.15, 0.2) is 40.1 Å². The number of hydrogen-bond acceptors (Lipinski definition) is 4. The van der Waals surface area contributed by atoms with E-state index in [0.717, 1.165) is 4.57 Å². The number of nitrogens with one attached hydrogen (secondary N) is 2. The lowest BCUT2D eigenvalue weighted by molar-refractivity contribution is -0.116. The zero-order valence-corrected chi connectivity index (χ0v) is 11.2. The second-order valence-electron chi connectivity index (χ2n) is 4.44. The fourth-order valence-electron chi connectivity index (χ4n) is 1.72. The number of H-pyrrole nitrogens is 1.